The molecule has 0 aromatic heterocycles. The van der Waals surface area contributed by atoms with E-state index in [2.05, 4.69) is 0 Å². The number of hydrogen-bond acceptors (Lipinski definition) is 5. The van der Waals surface area contributed by atoms with Crippen molar-refractivity contribution >= 4 is 25.3 Å². The van der Waals surface area contributed by atoms with Crippen LogP contribution in [0.25, 0.3) is 0 Å². The minimum absolute atomic E-state index is 0.118. The Kier molecular flexibility index (Phi) is 9.09. The van der Waals surface area contributed by atoms with Crippen LogP contribution in [-0.4, -0.2) is 23.4 Å². The fourth-order valence-electron chi connectivity index (χ4n) is 3.28. The maximum absolute atomic E-state index is 14.2. The van der Waals surface area contributed by atoms with Crippen LogP contribution >= 0.6 is 14.7 Å². The molecule has 2 aromatic rings. The van der Waals surface area contributed by atoms with E-state index < -0.39 is 26.4 Å². The highest BCUT2D eigenvalue weighted by atomic mass is 31.2. The van der Waals surface area contributed by atoms with Gasteiger partial charge in [-0.3, -0.25) is 9.13 Å². The molecule has 2 rings (SSSR count). The van der Waals surface area contributed by atoms with E-state index in [1.807, 2.05) is 26.0 Å². The molecule has 1 N–H and O–H groups in total. The third-order valence-electron chi connectivity index (χ3n) is 4.83. The summed E-state index contributed by atoms with van der Waals surface area (Å²) < 4.78 is 40.5. The van der Waals surface area contributed by atoms with E-state index >= 15 is 0 Å². The lowest BCUT2D eigenvalue weighted by Gasteiger charge is -2.34. The van der Waals surface area contributed by atoms with Crippen molar-refractivity contribution in [2.45, 2.75) is 52.7 Å². The van der Waals surface area contributed by atoms with Crippen LogP contribution in [0.1, 0.15) is 41.0 Å². The Hall–Kier alpha value is -1.22. The van der Waals surface area contributed by atoms with Crippen molar-refractivity contribution < 1.29 is 23.3 Å². The van der Waals surface area contributed by atoms with Crippen molar-refractivity contribution in [3.05, 3.63) is 60.7 Å². The molecule has 2 aromatic carbocycles. The van der Waals surface area contributed by atoms with Gasteiger partial charge in [-0.2, -0.15) is 0 Å². The second-order valence-electron chi connectivity index (χ2n) is 8.13. The number of hydrogen-bond donors (Lipinski definition) is 1. The first-order valence-electron chi connectivity index (χ1n) is 10.5. The number of benzene rings is 2. The van der Waals surface area contributed by atoms with Gasteiger partial charge in [-0.1, -0.05) is 64.1 Å². The van der Waals surface area contributed by atoms with E-state index in [-0.39, 0.29) is 18.4 Å². The van der Waals surface area contributed by atoms with E-state index in [1.165, 1.54) is 0 Å². The van der Waals surface area contributed by atoms with Gasteiger partial charge in [0.1, 0.15) is 11.7 Å². The average molecular weight is 452 g/mol. The van der Waals surface area contributed by atoms with E-state index in [4.69, 9.17) is 9.05 Å². The van der Waals surface area contributed by atoms with Crippen molar-refractivity contribution in [2.75, 3.05) is 6.61 Å². The van der Waals surface area contributed by atoms with Crippen LogP contribution in [0.3, 0.4) is 0 Å². The van der Waals surface area contributed by atoms with Crippen molar-refractivity contribution in [1.29, 1.82) is 0 Å². The van der Waals surface area contributed by atoms with Gasteiger partial charge < -0.3 is 14.2 Å². The van der Waals surface area contributed by atoms with Crippen LogP contribution in [-0.2, 0) is 18.2 Å². The number of aliphatic hydroxyl groups is 1. The lowest BCUT2D eigenvalue weighted by Crippen LogP contribution is -2.30. The molecule has 0 aliphatic rings. The van der Waals surface area contributed by atoms with Crippen molar-refractivity contribution in [1.82, 2.24) is 0 Å². The Morgan fingerprint density at radius 3 is 1.70 bits per heavy atom. The third kappa shape index (κ3) is 5.72. The molecule has 0 amide bonds. The van der Waals surface area contributed by atoms with Crippen molar-refractivity contribution in [3.8, 4) is 0 Å². The minimum atomic E-state index is -3.77. The Labute approximate surface area is 180 Å². The summed E-state index contributed by atoms with van der Waals surface area (Å²) in [5, 5.41) is 11.9. The molecule has 0 aliphatic heterocycles. The molecule has 0 saturated carbocycles. The molecule has 7 heteroatoms. The smallest absolute Gasteiger partial charge is 0.260 e. The van der Waals surface area contributed by atoms with Crippen LogP contribution in [0.5, 0.6) is 0 Å². The lowest BCUT2D eigenvalue weighted by molar-refractivity contribution is 0.153. The first-order chi connectivity index (χ1) is 14.1. The Morgan fingerprint density at radius 1 is 0.833 bits per heavy atom. The summed E-state index contributed by atoms with van der Waals surface area (Å²) in [5.74, 6) is -2.36. The van der Waals surface area contributed by atoms with Gasteiger partial charge in [-0.05, 0) is 49.4 Å². The van der Waals surface area contributed by atoms with E-state index in [0.717, 1.165) is 0 Å². The summed E-state index contributed by atoms with van der Waals surface area (Å²) in [5.41, 5.74) is 0. The largest absolute Gasteiger partial charge is 0.382 e. The maximum Gasteiger partial charge on any atom is 0.260 e. The van der Waals surface area contributed by atoms with Crippen molar-refractivity contribution in [2.24, 2.45) is 11.8 Å². The average Bonchev–Trinajstić information content (AvgIpc) is 2.73. The fraction of sp³-hybridized carbons (Fsp3) is 0.478. The summed E-state index contributed by atoms with van der Waals surface area (Å²) in [6.07, 6.45) is 0.383. The summed E-state index contributed by atoms with van der Waals surface area (Å²) in [6, 6.07) is 17.6. The molecular formula is C23H34O5P2. The quantitative estimate of drug-likeness (QED) is 0.450. The molecule has 0 saturated heterocycles. The highest BCUT2D eigenvalue weighted by Crippen LogP contribution is 2.62. The molecule has 4 atom stereocenters. The van der Waals surface area contributed by atoms with E-state index in [0.29, 0.717) is 17.0 Å². The Morgan fingerprint density at radius 2 is 1.30 bits per heavy atom. The Bertz CT molecular complexity index is 868. The zero-order valence-electron chi connectivity index (χ0n) is 18.5. The van der Waals surface area contributed by atoms with E-state index in [9.17, 15) is 14.2 Å². The normalized spacial score (nSPS) is 18.0. The Balaban J connectivity index is 2.61. The molecule has 0 heterocycles. The van der Waals surface area contributed by atoms with Gasteiger partial charge in [0.25, 0.3) is 14.7 Å². The molecule has 0 spiro atoms. The molecule has 0 unspecified atom stereocenters. The van der Waals surface area contributed by atoms with Crippen LogP contribution in [0.15, 0.2) is 60.7 Å². The van der Waals surface area contributed by atoms with Gasteiger partial charge >= 0.3 is 0 Å². The maximum atomic E-state index is 14.2. The second-order valence-corrected chi connectivity index (χ2v) is 13.1. The van der Waals surface area contributed by atoms with Gasteiger partial charge in [0, 0.05) is 10.6 Å². The highest BCUT2D eigenvalue weighted by Gasteiger charge is 2.46. The third-order valence-corrected chi connectivity index (χ3v) is 10.6. The lowest BCUT2D eigenvalue weighted by atomic mass is 10.1. The fourth-order valence-corrected chi connectivity index (χ4v) is 8.89. The SMILES string of the molecule is CCO[P@](=O)(c1ccccc1)[C@H](CC(C)C)O[P@](=O)(c1ccccc1)[C@H](O)C(C)C. The number of rotatable bonds is 11. The molecule has 0 fully saturated rings. The minimum Gasteiger partial charge on any atom is -0.382 e. The van der Waals surface area contributed by atoms with Crippen LogP contribution in [0.2, 0.25) is 0 Å². The van der Waals surface area contributed by atoms with Gasteiger partial charge in [0.15, 0.2) is 0 Å². The monoisotopic (exact) mass is 452 g/mol. The number of aliphatic hydroxyl groups excluding tert-OH is 1. The highest BCUT2D eigenvalue weighted by molar-refractivity contribution is 7.70. The van der Waals surface area contributed by atoms with E-state index in [1.54, 1.807) is 69.3 Å². The molecule has 0 radical (unpaired) electrons. The standard InChI is InChI=1S/C23H34O5P2/c1-6-27-29(25,20-13-9-7-10-14-20)22(17-18(2)3)28-30(26,23(24)19(4)5)21-15-11-8-12-16-21/h7-16,18-19,22-24H,6,17H2,1-5H3/t22-,23+,29-,30-/m1/s1. The van der Waals surface area contributed by atoms with Gasteiger partial charge in [-0.15, -0.1) is 0 Å². The molecule has 30 heavy (non-hydrogen) atoms. The topological polar surface area (TPSA) is 72.8 Å². The second kappa shape index (κ2) is 10.9. The summed E-state index contributed by atoms with van der Waals surface area (Å²) >= 11 is 0. The van der Waals surface area contributed by atoms with Crippen LogP contribution in [0, 0.1) is 11.8 Å². The summed E-state index contributed by atoms with van der Waals surface area (Å²) in [6.45, 7) is 9.57. The van der Waals surface area contributed by atoms with Crippen LogP contribution < -0.4 is 10.6 Å². The van der Waals surface area contributed by atoms with Crippen molar-refractivity contribution in [3.63, 3.8) is 0 Å². The molecule has 0 bridgehead atoms. The molecule has 0 aliphatic carbocycles. The van der Waals surface area contributed by atoms with Crippen LogP contribution in [0.4, 0.5) is 0 Å². The van der Waals surface area contributed by atoms with Gasteiger partial charge in [0.05, 0.1) is 6.61 Å². The molecular weight excluding hydrogens is 418 g/mol. The predicted molar refractivity (Wildman–Crippen MR) is 124 cm³/mol. The van der Waals surface area contributed by atoms with Gasteiger partial charge in [0.2, 0.25) is 0 Å². The zero-order valence-corrected chi connectivity index (χ0v) is 20.3. The summed E-state index contributed by atoms with van der Waals surface area (Å²) in [4.78, 5) is 0. The summed E-state index contributed by atoms with van der Waals surface area (Å²) in [7, 11) is -7.30. The predicted octanol–water partition coefficient (Wildman–Crippen LogP) is 5.59. The molecule has 166 valence electrons. The first-order valence-corrected chi connectivity index (χ1v) is 13.9. The van der Waals surface area contributed by atoms with Gasteiger partial charge in [-0.25, -0.2) is 0 Å². The zero-order chi connectivity index (χ0) is 22.4. The molecule has 5 nitrogen and oxygen atoms in total. The first kappa shape index (κ1) is 25.0.